The van der Waals surface area contributed by atoms with Crippen LogP contribution in [0.4, 0.5) is 0 Å². The molecule has 1 N–H and O–H groups in total. The number of hydrogen-bond donors (Lipinski definition) is 1. The van der Waals surface area contributed by atoms with Crippen LogP contribution < -0.4 is 0 Å². The molecule has 0 radical (unpaired) electrons. The zero-order chi connectivity index (χ0) is 18.0. The summed E-state index contributed by atoms with van der Waals surface area (Å²) in [5.74, 6) is -0.987. The molecule has 0 aromatic heterocycles. The number of carbonyl (C=O) groups excluding carboxylic acids is 1. The molecule has 2 atom stereocenters. The molecule has 132 valence electrons. The third-order valence-electron chi connectivity index (χ3n) is 5.45. The maximum absolute atomic E-state index is 12.3. The van der Waals surface area contributed by atoms with Gasteiger partial charge in [-0.3, -0.25) is 9.59 Å². The first kappa shape index (κ1) is 18.5. The van der Waals surface area contributed by atoms with E-state index in [2.05, 4.69) is 0 Å². The second-order valence-electron chi connectivity index (χ2n) is 7.85. The summed E-state index contributed by atoms with van der Waals surface area (Å²) in [5, 5.41) is 10.1. The zero-order valence-electron chi connectivity index (χ0n) is 15.1. The number of benzene rings is 1. The lowest BCUT2D eigenvalue weighted by Crippen LogP contribution is -2.49. The number of carboxylic acid groups (broad SMARTS) is 1. The van der Waals surface area contributed by atoms with Gasteiger partial charge in [0.05, 0.1) is 5.41 Å². The number of carboxylic acids is 1. The normalized spacial score (nSPS) is 24.4. The molecule has 1 aromatic carbocycles. The van der Waals surface area contributed by atoms with E-state index in [0.717, 1.165) is 30.4 Å². The van der Waals surface area contributed by atoms with Crippen molar-refractivity contribution in [3.63, 3.8) is 0 Å². The summed E-state index contributed by atoms with van der Waals surface area (Å²) >= 11 is 0. The average molecular weight is 332 g/mol. The fraction of sp³-hybridized carbons (Fsp3) is 0.600. The van der Waals surface area contributed by atoms with Gasteiger partial charge in [-0.05, 0) is 29.4 Å². The lowest BCUT2D eigenvalue weighted by atomic mass is 9.53. The van der Waals surface area contributed by atoms with Crippen molar-refractivity contribution < 1.29 is 19.4 Å². The lowest BCUT2D eigenvalue weighted by Gasteiger charge is -2.49. The fourth-order valence-electron chi connectivity index (χ4n) is 4.13. The molecule has 0 amide bonds. The van der Waals surface area contributed by atoms with Gasteiger partial charge in [0.2, 0.25) is 0 Å². The van der Waals surface area contributed by atoms with E-state index in [0.29, 0.717) is 6.42 Å². The predicted octanol–water partition coefficient (Wildman–Crippen LogP) is 4.52. The quantitative estimate of drug-likeness (QED) is 0.823. The average Bonchev–Trinajstić information content (AvgIpc) is 2.52. The Labute approximate surface area is 144 Å². The van der Waals surface area contributed by atoms with Crippen molar-refractivity contribution in [3.05, 3.63) is 35.4 Å². The van der Waals surface area contributed by atoms with Crippen LogP contribution in [0.3, 0.4) is 0 Å². The highest BCUT2D eigenvalue weighted by atomic mass is 16.5. The van der Waals surface area contributed by atoms with Crippen molar-refractivity contribution in [2.45, 2.75) is 65.9 Å². The number of carbonyl (C=O) groups is 2. The van der Waals surface area contributed by atoms with E-state index in [-0.39, 0.29) is 23.9 Å². The van der Waals surface area contributed by atoms with Gasteiger partial charge in [0.1, 0.15) is 6.61 Å². The third-order valence-corrected chi connectivity index (χ3v) is 5.45. The fourth-order valence-corrected chi connectivity index (χ4v) is 4.13. The van der Waals surface area contributed by atoms with E-state index in [4.69, 9.17) is 4.74 Å². The Balaban J connectivity index is 2.33. The Morgan fingerprint density at radius 3 is 2.33 bits per heavy atom. The molecule has 0 aliphatic heterocycles. The molecule has 1 saturated carbocycles. The second-order valence-corrected chi connectivity index (χ2v) is 7.85. The summed E-state index contributed by atoms with van der Waals surface area (Å²) < 4.78 is 5.01. The van der Waals surface area contributed by atoms with E-state index in [9.17, 15) is 14.7 Å². The number of ether oxygens (including phenoxy) is 1. The monoisotopic (exact) mass is 332 g/mol. The van der Waals surface area contributed by atoms with Crippen LogP contribution >= 0.6 is 0 Å². The van der Waals surface area contributed by atoms with E-state index in [1.54, 1.807) is 0 Å². The minimum atomic E-state index is -0.747. The van der Waals surface area contributed by atoms with E-state index < -0.39 is 11.4 Å². The Morgan fingerprint density at radius 2 is 1.83 bits per heavy atom. The minimum absolute atomic E-state index is 0.00604. The van der Waals surface area contributed by atoms with Crippen LogP contribution in [0.5, 0.6) is 0 Å². The largest absolute Gasteiger partial charge is 0.481 e. The maximum atomic E-state index is 12.3. The molecule has 1 fully saturated rings. The van der Waals surface area contributed by atoms with Crippen molar-refractivity contribution in [2.24, 2.45) is 10.8 Å². The summed E-state index contributed by atoms with van der Waals surface area (Å²) in [6.45, 7) is 7.75. The van der Waals surface area contributed by atoms with Crippen LogP contribution in [0, 0.1) is 10.8 Å². The summed E-state index contributed by atoms with van der Waals surface area (Å²) in [6.07, 6.45) is 3.63. The standard InChI is InChI=1S/C20H28O4/c1-14(21)24-13-15-8-10-16(11-9-15)17-7-5-6-12-20(17,18(22)23)19(2,3)4/h8-11,17H,5-7,12-13H2,1-4H3,(H,22,23)/t17-,20+/m1/s1. The van der Waals surface area contributed by atoms with Gasteiger partial charge in [-0.15, -0.1) is 0 Å². The SMILES string of the molecule is CC(=O)OCc1ccc([C@H]2CCCC[C@]2(C(=O)O)C(C)(C)C)cc1. The Hall–Kier alpha value is -1.84. The number of hydrogen-bond acceptors (Lipinski definition) is 3. The Bertz CT molecular complexity index is 597. The lowest BCUT2D eigenvalue weighted by molar-refractivity contribution is -0.162. The summed E-state index contributed by atoms with van der Waals surface area (Å²) in [5.41, 5.74) is 0.920. The molecular formula is C20H28O4. The topological polar surface area (TPSA) is 63.6 Å². The van der Waals surface area contributed by atoms with Crippen LogP contribution in [0.1, 0.15) is 70.4 Å². The molecule has 0 saturated heterocycles. The third kappa shape index (κ3) is 3.47. The van der Waals surface area contributed by atoms with Crippen molar-refractivity contribution >= 4 is 11.9 Å². The van der Waals surface area contributed by atoms with Gasteiger partial charge in [-0.25, -0.2) is 0 Å². The van der Waals surface area contributed by atoms with Crippen molar-refractivity contribution in [1.82, 2.24) is 0 Å². The van der Waals surface area contributed by atoms with Crippen LogP contribution in [0.15, 0.2) is 24.3 Å². The van der Waals surface area contributed by atoms with Crippen molar-refractivity contribution in [1.29, 1.82) is 0 Å². The molecule has 2 rings (SSSR count). The van der Waals surface area contributed by atoms with Crippen LogP contribution in [-0.2, 0) is 20.9 Å². The molecule has 0 unspecified atom stereocenters. The van der Waals surface area contributed by atoms with Crippen molar-refractivity contribution in [2.75, 3.05) is 0 Å². The van der Waals surface area contributed by atoms with Gasteiger partial charge in [-0.2, -0.15) is 0 Å². The Kier molecular flexibility index (Phi) is 5.36. The summed E-state index contributed by atoms with van der Waals surface area (Å²) in [6, 6.07) is 7.86. The molecule has 0 bridgehead atoms. The number of esters is 1. The van der Waals surface area contributed by atoms with Crippen LogP contribution in [-0.4, -0.2) is 17.0 Å². The van der Waals surface area contributed by atoms with Gasteiger partial charge in [0, 0.05) is 12.8 Å². The van der Waals surface area contributed by atoms with E-state index >= 15 is 0 Å². The molecule has 4 nitrogen and oxygen atoms in total. The van der Waals surface area contributed by atoms with Crippen LogP contribution in [0.2, 0.25) is 0 Å². The first-order valence-electron chi connectivity index (χ1n) is 8.64. The smallest absolute Gasteiger partial charge is 0.310 e. The summed E-state index contributed by atoms with van der Waals surface area (Å²) in [4.78, 5) is 23.2. The maximum Gasteiger partial charge on any atom is 0.310 e. The molecule has 4 heteroatoms. The highest BCUT2D eigenvalue weighted by Crippen LogP contribution is 2.57. The highest BCUT2D eigenvalue weighted by Gasteiger charge is 2.55. The molecule has 24 heavy (non-hydrogen) atoms. The molecule has 0 spiro atoms. The second kappa shape index (κ2) is 6.96. The molecule has 1 aromatic rings. The van der Waals surface area contributed by atoms with E-state index in [1.165, 1.54) is 6.92 Å². The first-order chi connectivity index (χ1) is 11.2. The van der Waals surface area contributed by atoms with E-state index in [1.807, 2.05) is 45.0 Å². The number of aliphatic carboxylic acids is 1. The van der Waals surface area contributed by atoms with Crippen LogP contribution in [0.25, 0.3) is 0 Å². The number of rotatable bonds is 4. The van der Waals surface area contributed by atoms with Gasteiger partial charge in [0.15, 0.2) is 0 Å². The first-order valence-corrected chi connectivity index (χ1v) is 8.64. The van der Waals surface area contributed by atoms with Gasteiger partial charge in [0.25, 0.3) is 0 Å². The van der Waals surface area contributed by atoms with Gasteiger partial charge in [-0.1, -0.05) is 57.9 Å². The summed E-state index contributed by atoms with van der Waals surface area (Å²) in [7, 11) is 0. The van der Waals surface area contributed by atoms with Gasteiger partial charge < -0.3 is 9.84 Å². The van der Waals surface area contributed by atoms with Gasteiger partial charge >= 0.3 is 11.9 Å². The predicted molar refractivity (Wildman–Crippen MR) is 92.6 cm³/mol. The molecule has 1 aliphatic rings. The highest BCUT2D eigenvalue weighted by molar-refractivity contribution is 5.77. The molecule has 0 heterocycles. The Morgan fingerprint density at radius 1 is 1.21 bits per heavy atom. The van der Waals surface area contributed by atoms with Crippen molar-refractivity contribution in [3.8, 4) is 0 Å². The molecule has 1 aliphatic carbocycles. The zero-order valence-corrected chi connectivity index (χ0v) is 15.1. The molecular weight excluding hydrogens is 304 g/mol. The minimum Gasteiger partial charge on any atom is -0.481 e.